The van der Waals surface area contributed by atoms with E-state index < -0.39 is 17.7 Å². The number of likely N-dealkylation sites (tertiary alicyclic amines) is 1. The van der Waals surface area contributed by atoms with E-state index in [9.17, 15) is 14.7 Å². The Morgan fingerprint density at radius 2 is 1.63 bits per heavy atom. The first-order valence-corrected chi connectivity index (χ1v) is 14.7. The van der Waals surface area contributed by atoms with E-state index >= 15 is 0 Å². The van der Waals surface area contributed by atoms with Crippen LogP contribution in [0.1, 0.15) is 34.7 Å². The monoisotopic (exact) mass is 582 g/mol. The van der Waals surface area contributed by atoms with Crippen molar-refractivity contribution >= 4 is 17.4 Å². The van der Waals surface area contributed by atoms with Crippen LogP contribution in [-0.2, 0) is 20.9 Å². The normalized spacial score (nSPS) is 18.5. The van der Waals surface area contributed by atoms with Crippen LogP contribution < -0.4 is 9.47 Å². The fourth-order valence-corrected chi connectivity index (χ4v) is 5.45. The van der Waals surface area contributed by atoms with Gasteiger partial charge >= 0.3 is 0 Å². The van der Waals surface area contributed by atoms with Gasteiger partial charge in [-0.3, -0.25) is 14.5 Å². The second-order valence-corrected chi connectivity index (χ2v) is 10.7. The largest absolute Gasteiger partial charge is 0.507 e. The minimum atomic E-state index is -0.727. The highest BCUT2D eigenvalue weighted by molar-refractivity contribution is 6.46. The third-order valence-corrected chi connectivity index (χ3v) is 7.86. The summed E-state index contributed by atoms with van der Waals surface area (Å²) in [5.41, 5.74) is 3.46. The molecule has 1 atom stereocenters. The molecule has 3 aromatic carbocycles. The number of carbonyl (C=O) groups is 2. The summed E-state index contributed by atoms with van der Waals surface area (Å²) in [4.78, 5) is 30.7. The van der Waals surface area contributed by atoms with Gasteiger partial charge < -0.3 is 24.2 Å². The first-order chi connectivity index (χ1) is 21.0. The van der Waals surface area contributed by atoms with Crippen LogP contribution in [0, 0.1) is 6.92 Å². The Balaban J connectivity index is 1.39. The van der Waals surface area contributed by atoms with Crippen molar-refractivity contribution in [1.82, 2.24) is 9.80 Å². The number of Topliss-reactive ketones (excluding diaryl/α,β-unsaturated/α-hetero) is 1. The molecular weight excluding hydrogens is 544 g/mol. The molecule has 2 heterocycles. The summed E-state index contributed by atoms with van der Waals surface area (Å²) >= 11 is 0. The van der Waals surface area contributed by atoms with Crippen LogP contribution in [0.2, 0.25) is 0 Å². The van der Waals surface area contributed by atoms with Gasteiger partial charge in [0.2, 0.25) is 0 Å². The molecule has 0 aliphatic carbocycles. The lowest BCUT2D eigenvalue weighted by molar-refractivity contribution is -0.140. The summed E-state index contributed by atoms with van der Waals surface area (Å²) in [6, 6.07) is 21.5. The average molecular weight is 583 g/mol. The van der Waals surface area contributed by atoms with Gasteiger partial charge in [0.1, 0.15) is 30.5 Å². The molecule has 2 fully saturated rings. The van der Waals surface area contributed by atoms with Gasteiger partial charge in [0.05, 0.1) is 24.8 Å². The second kappa shape index (κ2) is 14.2. The van der Waals surface area contributed by atoms with Crippen LogP contribution in [0.15, 0.2) is 91.0 Å². The number of hydrogen-bond acceptors (Lipinski definition) is 7. The quantitative estimate of drug-likeness (QED) is 0.135. The van der Waals surface area contributed by atoms with E-state index in [1.807, 2.05) is 43.3 Å². The number of carbonyl (C=O) groups excluding carboxylic acids is 2. The molecule has 0 spiro atoms. The number of benzene rings is 3. The molecular formula is C35H38N2O6. The molecule has 2 saturated heterocycles. The number of aryl methyl sites for hydroxylation is 1. The van der Waals surface area contributed by atoms with E-state index in [1.165, 1.54) is 0 Å². The summed E-state index contributed by atoms with van der Waals surface area (Å²) in [6.07, 6.45) is 2.35. The predicted octanol–water partition coefficient (Wildman–Crippen LogP) is 5.28. The number of nitrogens with zero attached hydrogens (tertiary/aromatic N) is 2. The van der Waals surface area contributed by atoms with Crippen molar-refractivity contribution in [3.63, 3.8) is 0 Å². The van der Waals surface area contributed by atoms with Gasteiger partial charge in [0.25, 0.3) is 11.7 Å². The van der Waals surface area contributed by atoms with Crippen LogP contribution in [0.4, 0.5) is 0 Å². The smallest absolute Gasteiger partial charge is 0.295 e. The van der Waals surface area contributed by atoms with Crippen LogP contribution in [0.25, 0.3) is 5.76 Å². The van der Waals surface area contributed by atoms with Crippen molar-refractivity contribution in [3.05, 3.63) is 113 Å². The van der Waals surface area contributed by atoms with Crippen molar-refractivity contribution < 1.29 is 28.9 Å². The maximum Gasteiger partial charge on any atom is 0.295 e. The molecule has 8 nitrogen and oxygen atoms in total. The lowest BCUT2D eigenvalue weighted by Crippen LogP contribution is -2.38. The molecule has 1 amide bonds. The molecule has 8 heteroatoms. The van der Waals surface area contributed by atoms with Gasteiger partial charge in [-0.25, -0.2) is 0 Å². The molecule has 2 aliphatic rings. The Hall–Kier alpha value is -4.40. The summed E-state index contributed by atoms with van der Waals surface area (Å²) in [5, 5.41) is 11.5. The SMILES string of the molecule is C=CCOc1ccc(C2C(=C(O)c3ccc(OCc4ccccc4C)cc3)C(=O)C(=O)N2CCCN2CCOCC2)cc1. The van der Waals surface area contributed by atoms with Gasteiger partial charge in [0.15, 0.2) is 0 Å². The number of ether oxygens (including phenoxy) is 3. The van der Waals surface area contributed by atoms with Crippen molar-refractivity contribution in [2.75, 3.05) is 46.0 Å². The number of aliphatic hydroxyl groups is 1. The van der Waals surface area contributed by atoms with Crippen LogP contribution in [-0.4, -0.2) is 72.6 Å². The zero-order valence-corrected chi connectivity index (χ0v) is 24.5. The maximum atomic E-state index is 13.4. The van der Waals surface area contributed by atoms with Gasteiger partial charge in [-0.15, -0.1) is 0 Å². The number of hydrogen-bond donors (Lipinski definition) is 1. The molecule has 224 valence electrons. The Morgan fingerprint density at radius 3 is 2.33 bits per heavy atom. The topological polar surface area (TPSA) is 88.5 Å². The van der Waals surface area contributed by atoms with Crippen LogP contribution >= 0.6 is 0 Å². The van der Waals surface area contributed by atoms with Crippen molar-refractivity contribution in [3.8, 4) is 11.5 Å². The summed E-state index contributed by atoms with van der Waals surface area (Å²) in [6.45, 7) is 10.7. The van der Waals surface area contributed by atoms with Crippen LogP contribution in [0.3, 0.4) is 0 Å². The third-order valence-electron chi connectivity index (χ3n) is 7.86. The summed E-state index contributed by atoms with van der Waals surface area (Å²) < 4.78 is 17.0. The maximum absolute atomic E-state index is 13.4. The third kappa shape index (κ3) is 7.16. The van der Waals surface area contributed by atoms with Gasteiger partial charge in [0, 0.05) is 31.7 Å². The average Bonchev–Trinajstić information content (AvgIpc) is 3.29. The van der Waals surface area contributed by atoms with Crippen LogP contribution in [0.5, 0.6) is 11.5 Å². The summed E-state index contributed by atoms with van der Waals surface area (Å²) in [7, 11) is 0. The highest BCUT2D eigenvalue weighted by Crippen LogP contribution is 2.40. The highest BCUT2D eigenvalue weighted by atomic mass is 16.5. The lowest BCUT2D eigenvalue weighted by Gasteiger charge is -2.29. The molecule has 5 rings (SSSR count). The Morgan fingerprint density at radius 1 is 0.953 bits per heavy atom. The molecule has 0 aromatic heterocycles. The predicted molar refractivity (Wildman–Crippen MR) is 165 cm³/mol. The van der Waals surface area contributed by atoms with E-state index in [2.05, 4.69) is 11.5 Å². The standard InChI is InChI=1S/C35H38N2O6/c1-3-21-42-29-13-9-26(10-14-29)32-31(34(39)35(40)37(32)18-6-17-36-19-22-41-23-20-36)33(38)27-11-15-30(16-12-27)43-24-28-8-5-4-7-25(28)2/h3-5,7-16,32,38H,1,6,17-24H2,2H3. The Bertz CT molecular complexity index is 1460. The zero-order chi connectivity index (χ0) is 30.2. The summed E-state index contributed by atoms with van der Waals surface area (Å²) in [5.74, 6) is -0.236. The van der Waals surface area contributed by atoms with E-state index in [0.717, 1.165) is 36.3 Å². The first kappa shape index (κ1) is 30.1. The van der Waals surface area contributed by atoms with Gasteiger partial charge in [-0.1, -0.05) is 49.1 Å². The molecule has 1 unspecified atom stereocenters. The van der Waals surface area contributed by atoms with Crippen molar-refractivity contribution in [1.29, 1.82) is 0 Å². The number of morpholine rings is 1. The molecule has 1 N–H and O–H groups in total. The highest BCUT2D eigenvalue weighted by Gasteiger charge is 2.45. The molecule has 0 radical (unpaired) electrons. The Labute approximate surface area is 252 Å². The number of aliphatic hydroxyl groups excluding tert-OH is 1. The van der Waals surface area contributed by atoms with Crippen molar-refractivity contribution in [2.24, 2.45) is 0 Å². The number of rotatable bonds is 12. The fourth-order valence-electron chi connectivity index (χ4n) is 5.45. The van der Waals surface area contributed by atoms with Gasteiger partial charge in [-0.05, 0) is 66.4 Å². The minimum absolute atomic E-state index is 0.0738. The van der Waals surface area contributed by atoms with Crippen molar-refractivity contribution in [2.45, 2.75) is 26.0 Å². The first-order valence-electron chi connectivity index (χ1n) is 14.7. The Kier molecular flexibility index (Phi) is 9.92. The molecule has 43 heavy (non-hydrogen) atoms. The number of amides is 1. The molecule has 2 aliphatic heterocycles. The molecule has 0 saturated carbocycles. The zero-order valence-electron chi connectivity index (χ0n) is 24.5. The fraction of sp³-hybridized carbons (Fsp3) is 0.314. The minimum Gasteiger partial charge on any atom is -0.507 e. The van der Waals surface area contributed by atoms with E-state index in [0.29, 0.717) is 56.5 Å². The second-order valence-electron chi connectivity index (χ2n) is 10.7. The number of ketones is 1. The van der Waals surface area contributed by atoms with Gasteiger partial charge in [-0.2, -0.15) is 0 Å². The molecule has 0 bridgehead atoms. The molecule has 3 aromatic rings. The van der Waals surface area contributed by atoms with E-state index in [-0.39, 0.29) is 11.3 Å². The lowest BCUT2D eigenvalue weighted by atomic mass is 9.95. The van der Waals surface area contributed by atoms with E-state index in [1.54, 1.807) is 47.4 Å². The van der Waals surface area contributed by atoms with E-state index in [4.69, 9.17) is 14.2 Å².